The Morgan fingerprint density at radius 2 is 1.93 bits per heavy atom. The summed E-state index contributed by atoms with van der Waals surface area (Å²) in [6.45, 7) is 5.29. The minimum absolute atomic E-state index is 0.0561. The molecule has 4 rings (SSSR count). The summed E-state index contributed by atoms with van der Waals surface area (Å²) in [4.78, 5) is 5.81. The molecule has 0 amide bonds. The molecule has 5 nitrogen and oxygen atoms in total. The summed E-state index contributed by atoms with van der Waals surface area (Å²) in [6, 6.07) is 12.8. The molecule has 1 aliphatic heterocycles. The predicted molar refractivity (Wildman–Crippen MR) is 110 cm³/mol. The van der Waals surface area contributed by atoms with Crippen molar-refractivity contribution >= 4 is 17.0 Å². The van der Waals surface area contributed by atoms with E-state index in [2.05, 4.69) is 58.2 Å². The molecule has 0 radical (unpaired) electrons. The molecule has 0 unspecified atom stereocenters. The molecule has 1 atom stereocenters. The fourth-order valence-electron chi connectivity index (χ4n) is 3.59. The zero-order valence-corrected chi connectivity index (χ0v) is 16.8. The van der Waals surface area contributed by atoms with Crippen LogP contribution in [-0.2, 0) is 6.54 Å². The van der Waals surface area contributed by atoms with Crippen molar-refractivity contribution < 1.29 is 4.42 Å². The summed E-state index contributed by atoms with van der Waals surface area (Å²) < 4.78 is 5.93. The van der Waals surface area contributed by atoms with Crippen LogP contribution in [0.5, 0.6) is 0 Å². The number of hydrogen-bond acceptors (Lipinski definition) is 6. The molecular formula is C21H26N4OS. The van der Waals surface area contributed by atoms with Gasteiger partial charge in [0.25, 0.3) is 5.89 Å². The van der Waals surface area contributed by atoms with Crippen LogP contribution in [0.15, 0.2) is 46.2 Å². The van der Waals surface area contributed by atoms with Gasteiger partial charge in [-0.2, -0.15) is 0 Å². The van der Waals surface area contributed by atoms with E-state index in [1.807, 2.05) is 17.5 Å². The predicted octanol–water partition coefficient (Wildman–Crippen LogP) is 4.98. The maximum Gasteiger partial charge on any atom is 0.257 e. The van der Waals surface area contributed by atoms with Crippen molar-refractivity contribution in [1.82, 2.24) is 15.1 Å². The topological polar surface area (TPSA) is 45.4 Å². The smallest absolute Gasteiger partial charge is 0.257 e. The number of rotatable bonds is 6. The first kappa shape index (κ1) is 18.2. The highest BCUT2D eigenvalue weighted by Crippen LogP contribution is 2.29. The molecule has 1 aromatic carbocycles. The molecule has 3 heterocycles. The first-order valence-electron chi connectivity index (χ1n) is 9.63. The molecule has 0 spiro atoms. The van der Waals surface area contributed by atoms with Gasteiger partial charge in [-0.05, 0) is 56.3 Å². The second kappa shape index (κ2) is 8.23. The number of nitrogens with zero attached hydrogens (tertiary/aromatic N) is 4. The third kappa shape index (κ3) is 4.06. The summed E-state index contributed by atoms with van der Waals surface area (Å²) in [7, 11) is 2.12. The molecule has 0 aliphatic carbocycles. The van der Waals surface area contributed by atoms with Gasteiger partial charge in [0.05, 0.1) is 10.9 Å². The molecule has 2 aromatic heterocycles. The number of anilines is 1. The zero-order chi connectivity index (χ0) is 18.6. The van der Waals surface area contributed by atoms with Crippen LogP contribution in [0, 0.1) is 0 Å². The van der Waals surface area contributed by atoms with Gasteiger partial charge in [0, 0.05) is 25.3 Å². The van der Waals surface area contributed by atoms with Crippen LogP contribution in [0.2, 0.25) is 0 Å². The van der Waals surface area contributed by atoms with Gasteiger partial charge in [-0.3, -0.25) is 4.90 Å². The van der Waals surface area contributed by atoms with E-state index >= 15 is 0 Å². The van der Waals surface area contributed by atoms with E-state index in [0.717, 1.165) is 24.5 Å². The Morgan fingerprint density at radius 3 is 2.70 bits per heavy atom. The minimum Gasteiger partial charge on any atom is -0.418 e. The third-order valence-electron chi connectivity index (χ3n) is 5.30. The third-order valence-corrected chi connectivity index (χ3v) is 6.16. The van der Waals surface area contributed by atoms with Crippen molar-refractivity contribution in [3.8, 4) is 10.8 Å². The van der Waals surface area contributed by atoms with E-state index in [0.29, 0.717) is 11.8 Å². The fraction of sp³-hybridized carbons (Fsp3) is 0.429. The average molecular weight is 383 g/mol. The maximum absolute atomic E-state index is 5.93. The fourth-order valence-corrected chi connectivity index (χ4v) is 4.23. The van der Waals surface area contributed by atoms with E-state index in [1.165, 1.54) is 30.5 Å². The van der Waals surface area contributed by atoms with Crippen molar-refractivity contribution in [3.05, 3.63) is 53.2 Å². The van der Waals surface area contributed by atoms with Gasteiger partial charge in [0.1, 0.15) is 0 Å². The Morgan fingerprint density at radius 1 is 1.11 bits per heavy atom. The molecule has 0 N–H and O–H groups in total. The summed E-state index contributed by atoms with van der Waals surface area (Å²) >= 11 is 1.61. The Labute approximate surface area is 164 Å². The van der Waals surface area contributed by atoms with Crippen LogP contribution in [0.4, 0.5) is 5.69 Å². The Hall–Kier alpha value is -2.18. The Kier molecular flexibility index (Phi) is 5.55. The van der Waals surface area contributed by atoms with Gasteiger partial charge in [0.2, 0.25) is 5.89 Å². The van der Waals surface area contributed by atoms with Gasteiger partial charge >= 0.3 is 0 Å². The zero-order valence-electron chi connectivity index (χ0n) is 16.0. The highest BCUT2D eigenvalue weighted by molar-refractivity contribution is 7.13. The summed E-state index contributed by atoms with van der Waals surface area (Å²) in [6.07, 6.45) is 3.92. The molecule has 1 aliphatic rings. The van der Waals surface area contributed by atoms with Gasteiger partial charge in [-0.1, -0.05) is 24.3 Å². The number of aromatic nitrogens is 2. The molecule has 3 aromatic rings. The van der Waals surface area contributed by atoms with Crippen molar-refractivity contribution in [1.29, 1.82) is 0 Å². The standard InChI is InChI=1S/C21H26N4OS/c1-16(20-22-23-21(26-20)19-11-8-14-27-19)24(2)15-17-9-4-5-10-18(17)25-12-6-3-7-13-25/h4-5,8-11,14,16H,3,6-7,12-13,15H2,1-2H3/t16-/m0/s1. The lowest BCUT2D eigenvalue weighted by atomic mass is 10.1. The van der Waals surface area contributed by atoms with Gasteiger partial charge in [-0.15, -0.1) is 21.5 Å². The maximum atomic E-state index is 5.93. The number of para-hydroxylation sites is 1. The first-order valence-corrected chi connectivity index (χ1v) is 10.5. The molecule has 0 saturated carbocycles. The normalized spacial score (nSPS) is 16.0. The lowest BCUT2D eigenvalue weighted by Crippen LogP contribution is -2.31. The van der Waals surface area contributed by atoms with Crippen LogP contribution in [0.3, 0.4) is 0 Å². The lowest BCUT2D eigenvalue weighted by Gasteiger charge is -2.32. The van der Waals surface area contributed by atoms with Crippen LogP contribution < -0.4 is 4.90 Å². The average Bonchev–Trinajstić information content (AvgIpc) is 3.40. The molecule has 6 heteroatoms. The number of benzene rings is 1. The highest BCUT2D eigenvalue weighted by Gasteiger charge is 2.21. The van der Waals surface area contributed by atoms with Crippen molar-refractivity contribution in [2.45, 2.75) is 38.8 Å². The van der Waals surface area contributed by atoms with Crippen molar-refractivity contribution in [2.24, 2.45) is 0 Å². The van der Waals surface area contributed by atoms with Crippen molar-refractivity contribution in [2.75, 3.05) is 25.0 Å². The molecule has 0 bridgehead atoms. The SMILES string of the molecule is C[C@@H](c1nnc(-c2cccs2)o1)N(C)Cc1ccccc1N1CCCCC1. The van der Waals surface area contributed by atoms with E-state index in [1.54, 1.807) is 11.3 Å². The number of piperidine rings is 1. The first-order chi connectivity index (χ1) is 13.2. The van der Waals surface area contributed by atoms with E-state index in [4.69, 9.17) is 4.42 Å². The lowest BCUT2D eigenvalue weighted by molar-refractivity contribution is 0.218. The molecule has 27 heavy (non-hydrogen) atoms. The summed E-state index contributed by atoms with van der Waals surface area (Å²) in [5.74, 6) is 1.27. The summed E-state index contributed by atoms with van der Waals surface area (Å²) in [5, 5.41) is 10.5. The molecule has 1 fully saturated rings. The largest absolute Gasteiger partial charge is 0.418 e. The monoisotopic (exact) mass is 382 g/mol. The molecule has 1 saturated heterocycles. The van der Waals surface area contributed by atoms with E-state index in [9.17, 15) is 0 Å². The van der Waals surface area contributed by atoms with E-state index in [-0.39, 0.29) is 6.04 Å². The second-order valence-electron chi connectivity index (χ2n) is 7.19. The highest BCUT2D eigenvalue weighted by atomic mass is 32.1. The van der Waals surface area contributed by atoms with Crippen LogP contribution in [0.1, 0.15) is 43.7 Å². The van der Waals surface area contributed by atoms with Crippen LogP contribution >= 0.6 is 11.3 Å². The van der Waals surface area contributed by atoms with E-state index < -0.39 is 0 Å². The van der Waals surface area contributed by atoms with Crippen LogP contribution in [0.25, 0.3) is 10.8 Å². The molecule has 142 valence electrons. The van der Waals surface area contributed by atoms with Gasteiger partial charge < -0.3 is 9.32 Å². The quantitative estimate of drug-likeness (QED) is 0.601. The number of thiophene rings is 1. The number of hydrogen-bond donors (Lipinski definition) is 0. The second-order valence-corrected chi connectivity index (χ2v) is 8.14. The molecular weight excluding hydrogens is 356 g/mol. The van der Waals surface area contributed by atoms with Crippen LogP contribution in [-0.4, -0.2) is 35.2 Å². The van der Waals surface area contributed by atoms with Gasteiger partial charge in [0.15, 0.2) is 0 Å². The Balaban J connectivity index is 1.48. The Bertz CT molecular complexity index is 855. The van der Waals surface area contributed by atoms with Crippen molar-refractivity contribution in [3.63, 3.8) is 0 Å². The summed E-state index contributed by atoms with van der Waals surface area (Å²) in [5.41, 5.74) is 2.72. The minimum atomic E-state index is 0.0561. The van der Waals surface area contributed by atoms with Gasteiger partial charge in [-0.25, -0.2) is 0 Å².